The number of ether oxygens (including phenoxy) is 2. The molecule has 14 heteroatoms. The highest BCUT2D eigenvalue weighted by atomic mass is 35.5. The van der Waals surface area contributed by atoms with Crippen molar-refractivity contribution in [3.63, 3.8) is 0 Å². The van der Waals surface area contributed by atoms with Crippen LogP contribution >= 0.6 is 11.6 Å². The van der Waals surface area contributed by atoms with Crippen molar-refractivity contribution in [1.29, 1.82) is 0 Å². The number of aliphatic hydroxyl groups is 1. The summed E-state index contributed by atoms with van der Waals surface area (Å²) in [5.41, 5.74) is 8.40. The van der Waals surface area contributed by atoms with E-state index < -0.39 is 11.9 Å². The number of hydrogen-bond donors (Lipinski definition) is 3. The molecular formula is C27H28ClFN8O4. The number of imidazole rings is 1. The molecule has 0 radical (unpaired) electrons. The first-order chi connectivity index (χ1) is 19.8. The number of pyridine rings is 1. The molecule has 214 valence electrons. The molecule has 12 nitrogen and oxygen atoms in total. The monoisotopic (exact) mass is 582 g/mol. The summed E-state index contributed by atoms with van der Waals surface area (Å²) in [5, 5.41) is 12.7. The highest BCUT2D eigenvalue weighted by molar-refractivity contribution is 6.32. The zero-order valence-electron chi connectivity index (χ0n) is 22.1. The standard InChI is InChI=1S/C27H28ClFN8O4/c1-40-23-7-15(35-10-16-12-36(13-17(11-35)41-16)26(39)20(30)14-38)4-5-21(23)33-27-32-8-18(28)24(34-27)22-9-31-25-19(29)3-2-6-37(22)25/h2-9,16-17,20,38H,10-14,30H2,1H3,(H,32,33,34)/t16?,17?,20-/m0/s1. The van der Waals surface area contributed by atoms with Crippen molar-refractivity contribution in [2.24, 2.45) is 5.73 Å². The maximum atomic E-state index is 14.2. The van der Waals surface area contributed by atoms with Gasteiger partial charge < -0.3 is 35.4 Å². The number of carbonyl (C=O) groups is 1. The van der Waals surface area contributed by atoms with Crippen LogP contribution in [0.5, 0.6) is 5.75 Å². The minimum atomic E-state index is -0.919. The van der Waals surface area contributed by atoms with E-state index in [9.17, 15) is 14.3 Å². The number of amides is 1. The smallest absolute Gasteiger partial charge is 0.242 e. The Bertz CT molecular complexity index is 1590. The number of rotatable bonds is 7. The number of anilines is 3. The molecule has 2 bridgehead atoms. The minimum Gasteiger partial charge on any atom is -0.494 e. The van der Waals surface area contributed by atoms with Crippen LogP contribution in [-0.4, -0.2) is 93.4 Å². The molecule has 4 aromatic rings. The van der Waals surface area contributed by atoms with E-state index in [1.54, 1.807) is 28.7 Å². The van der Waals surface area contributed by atoms with Crippen molar-refractivity contribution in [2.45, 2.75) is 18.2 Å². The van der Waals surface area contributed by atoms with Gasteiger partial charge in [0.15, 0.2) is 11.5 Å². The highest BCUT2D eigenvalue weighted by Crippen LogP contribution is 2.34. The fourth-order valence-corrected chi connectivity index (χ4v) is 5.44. The van der Waals surface area contributed by atoms with Crippen molar-refractivity contribution >= 4 is 40.5 Å². The molecule has 3 aromatic heterocycles. The summed E-state index contributed by atoms with van der Waals surface area (Å²) in [6.45, 7) is 1.58. The number of fused-ring (bicyclic) bond motifs is 3. The number of benzene rings is 1. The van der Waals surface area contributed by atoms with Crippen LogP contribution in [0.4, 0.5) is 21.7 Å². The first-order valence-electron chi connectivity index (χ1n) is 13.0. The lowest BCUT2D eigenvalue weighted by molar-refractivity contribution is -0.149. The Morgan fingerprint density at radius 2 is 2.02 bits per heavy atom. The van der Waals surface area contributed by atoms with Gasteiger partial charge in [-0.15, -0.1) is 0 Å². The van der Waals surface area contributed by atoms with Crippen molar-refractivity contribution in [1.82, 2.24) is 24.3 Å². The Labute approximate surface area is 239 Å². The topological polar surface area (TPSA) is 143 Å². The van der Waals surface area contributed by atoms with Crippen molar-refractivity contribution < 1.29 is 23.8 Å². The molecule has 1 amide bonds. The molecular weight excluding hydrogens is 555 g/mol. The van der Waals surface area contributed by atoms with E-state index in [1.165, 1.54) is 18.5 Å². The van der Waals surface area contributed by atoms with E-state index in [4.69, 9.17) is 26.8 Å². The van der Waals surface area contributed by atoms with E-state index >= 15 is 0 Å². The van der Waals surface area contributed by atoms with Crippen LogP contribution in [0.15, 0.2) is 48.9 Å². The van der Waals surface area contributed by atoms with Gasteiger partial charge in [-0.05, 0) is 24.3 Å². The van der Waals surface area contributed by atoms with Gasteiger partial charge in [0.25, 0.3) is 0 Å². The molecule has 3 atom stereocenters. The summed E-state index contributed by atoms with van der Waals surface area (Å²) in [4.78, 5) is 29.4. The number of methoxy groups -OCH3 is 1. The summed E-state index contributed by atoms with van der Waals surface area (Å²) < 4.78 is 27.5. The minimum absolute atomic E-state index is 0.171. The van der Waals surface area contributed by atoms with Gasteiger partial charge in [0.1, 0.15) is 17.5 Å². The van der Waals surface area contributed by atoms with Gasteiger partial charge in [-0.25, -0.2) is 19.3 Å². The number of nitrogens with zero attached hydrogens (tertiary/aromatic N) is 6. The van der Waals surface area contributed by atoms with Crippen LogP contribution in [0.2, 0.25) is 5.02 Å². The van der Waals surface area contributed by atoms with Gasteiger partial charge in [-0.2, -0.15) is 0 Å². The van der Waals surface area contributed by atoms with Gasteiger partial charge in [0.05, 0.1) is 54.7 Å². The van der Waals surface area contributed by atoms with Gasteiger partial charge in [-0.1, -0.05) is 11.6 Å². The molecule has 0 saturated carbocycles. The third kappa shape index (κ3) is 5.24. The number of carbonyl (C=O) groups excluding carboxylic acids is 1. The van der Waals surface area contributed by atoms with Gasteiger partial charge in [-0.3, -0.25) is 9.20 Å². The maximum absolute atomic E-state index is 14.2. The fraction of sp³-hybridized carbons (Fsp3) is 0.333. The van der Waals surface area contributed by atoms with Gasteiger partial charge >= 0.3 is 0 Å². The Hall–Kier alpha value is -4.04. The normalized spacial score (nSPS) is 19.3. The van der Waals surface area contributed by atoms with E-state index in [2.05, 4.69) is 25.2 Å². The first kappa shape index (κ1) is 27.1. The molecule has 2 unspecified atom stereocenters. The summed E-state index contributed by atoms with van der Waals surface area (Å²) in [5.74, 6) is 0.126. The molecule has 5 heterocycles. The van der Waals surface area contributed by atoms with Crippen molar-refractivity contribution in [2.75, 3.05) is 50.1 Å². The quantitative estimate of drug-likeness (QED) is 0.296. The summed E-state index contributed by atoms with van der Waals surface area (Å²) >= 11 is 6.42. The van der Waals surface area contributed by atoms with E-state index in [0.717, 1.165) is 5.69 Å². The van der Waals surface area contributed by atoms with Crippen LogP contribution in [0, 0.1) is 5.82 Å². The lowest BCUT2D eigenvalue weighted by Gasteiger charge is -2.47. The van der Waals surface area contributed by atoms with Crippen molar-refractivity contribution in [3.8, 4) is 17.1 Å². The lowest BCUT2D eigenvalue weighted by Crippen LogP contribution is -2.62. The Morgan fingerprint density at radius 3 is 2.76 bits per heavy atom. The largest absolute Gasteiger partial charge is 0.494 e. The van der Waals surface area contributed by atoms with E-state index in [1.807, 2.05) is 18.2 Å². The second kappa shape index (κ2) is 11.1. The number of morpholine rings is 2. The summed E-state index contributed by atoms with van der Waals surface area (Å²) in [7, 11) is 1.58. The number of aliphatic hydroxyl groups excluding tert-OH is 1. The predicted octanol–water partition coefficient (Wildman–Crippen LogP) is 2.07. The predicted molar refractivity (Wildman–Crippen MR) is 150 cm³/mol. The van der Waals surface area contributed by atoms with Crippen molar-refractivity contribution in [3.05, 3.63) is 59.8 Å². The first-order valence-corrected chi connectivity index (χ1v) is 13.4. The lowest BCUT2D eigenvalue weighted by atomic mass is 10.1. The molecule has 1 aromatic carbocycles. The average Bonchev–Trinajstić information content (AvgIpc) is 3.42. The molecule has 4 N–H and O–H groups in total. The second-order valence-corrected chi connectivity index (χ2v) is 10.3. The van der Waals surface area contributed by atoms with E-state index in [-0.39, 0.29) is 36.3 Å². The van der Waals surface area contributed by atoms with Crippen LogP contribution < -0.4 is 20.7 Å². The Balaban J connectivity index is 1.20. The third-order valence-corrected chi connectivity index (χ3v) is 7.45. The fourth-order valence-electron chi connectivity index (χ4n) is 5.25. The molecule has 0 spiro atoms. The maximum Gasteiger partial charge on any atom is 0.242 e. The van der Waals surface area contributed by atoms with E-state index in [0.29, 0.717) is 54.0 Å². The number of halogens is 2. The second-order valence-electron chi connectivity index (χ2n) is 9.91. The number of aromatic nitrogens is 4. The molecule has 2 aliphatic heterocycles. The molecule has 41 heavy (non-hydrogen) atoms. The SMILES string of the molecule is COc1cc(N2CC3CN(C(=O)[C@@H](N)CO)CC(C2)O3)ccc1Nc1ncc(Cl)c(-c2cnc3c(F)cccn23)n1. The van der Waals surface area contributed by atoms with Crippen LogP contribution in [-0.2, 0) is 9.53 Å². The Kier molecular flexibility index (Phi) is 7.34. The number of hydrogen-bond acceptors (Lipinski definition) is 10. The van der Waals surface area contributed by atoms with Gasteiger partial charge in [0, 0.05) is 44.1 Å². The molecule has 6 rings (SSSR count). The number of nitrogens with two attached hydrogens (primary N) is 1. The summed E-state index contributed by atoms with van der Waals surface area (Å²) in [6.07, 6.45) is 4.30. The summed E-state index contributed by atoms with van der Waals surface area (Å²) in [6, 6.07) is 7.75. The zero-order chi connectivity index (χ0) is 28.7. The van der Waals surface area contributed by atoms with Crippen LogP contribution in [0.1, 0.15) is 0 Å². The number of nitrogens with one attached hydrogen (secondary N) is 1. The van der Waals surface area contributed by atoms with Crippen LogP contribution in [0.25, 0.3) is 17.0 Å². The zero-order valence-corrected chi connectivity index (χ0v) is 22.8. The molecule has 2 saturated heterocycles. The highest BCUT2D eigenvalue weighted by Gasteiger charge is 2.38. The molecule has 2 aliphatic rings. The Morgan fingerprint density at radius 1 is 1.24 bits per heavy atom. The average molecular weight is 583 g/mol. The van der Waals surface area contributed by atoms with Gasteiger partial charge in [0.2, 0.25) is 11.9 Å². The molecule has 0 aliphatic carbocycles. The third-order valence-electron chi connectivity index (χ3n) is 7.18. The van der Waals surface area contributed by atoms with Crippen LogP contribution in [0.3, 0.4) is 0 Å². The molecule has 2 fully saturated rings.